The molecule has 150 valence electrons. The summed E-state index contributed by atoms with van der Waals surface area (Å²) >= 11 is 0. The quantitative estimate of drug-likeness (QED) is 0.741. The standard InChI is InChI=1S/C18H22F4N2O3/c1-23-7-8-27-11-13(23)10-24(16(25)26-2)17(5-6-17)12-3-4-15(19)14(9-12)18(20,21)22/h3-4,9,13H,5-8,10-11H2,1-2H3/t13-/m0/s1. The van der Waals surface area contributed by atoms with E-state index in [1.165, 1.54) is 18.1 Å². The van der Waals surface area contributed by atoms with Gasteiger partial charge in [0.25, 0.3) is 0 Å². The lowest BCUT2D eigenvalue weighted by atomic mass is 9.99. The van der Waals surface area contributed by atoms with Gasteiger partial charge >= 0.3 is 12.3 Å². The van der Waals surface area contributed by atoms with Crippen molar-refractivity contribution in [3.05, 3.63) is 35.1 Å². The van der Waals surface area contributed by atoms with Crippen molar-refractivity contribution in [2.75, 3.05) is 40.5 Å². The molecule has 2 fully saturated rings. The van der Waals surface area contributed by atoms with Gasteiger partial charge in [-0.15, -0.1) is 0 Å². The number of morpholine rings is 1. The molecule has 1 amide bonds. The lowest BCUT2D eigenvalue weighted by molar-refractivity contribution is -0.140. The number of nitrogens with zero attached hydrogens (tertiary/aromatic N) is 2. The number of ether oxygens (including phenoxy) is 2. The first-order chi connectivity index (χ1) is 12.7. The van der Waals surface area contributed by atoms with E-state index in [4.69, 9.17) is 9.47 Å². The summed E-state index contributed by atoms with van der Waals surface area (Å²) in [5, 5.41) is 0. The molecule has 0 radical (unpaired) electrons. The van der Waals surface area contributed by atoms with Crippen LogP contribution in [0.2, 0.25) is 0 Å². The number of carbonyl (C=O) groups is 1. The van der Waals surface area contributed by atoms with Gasteiger partial charge in [0.05, 0.1) is 37.5 Å². The molecule has 0 unspecified atom stereocenters. The number of amides is 1. The number of halogens is 4. The van der Waals surface area contributed by atoms with Gasteiger partial charge in [-0.25, -0.2) is 9.18 Å². The van der Waals surface area contributed by atoms with Gasteiger partial charge in [0.15, 0.2) is 0 Å². The largest absolute Gasteiger partial charge is 0.453 e. The third kappa shape index (κ3) is 3.89. The highest BCUT2D eigenvalue weighted by Gasteiger charge is 2.53. The molecule has 1 atom stereocenters. The highest BCUT2D eigenvalue weighted by molar-refractivity contribution is 5.70. The maximum atomic E-state index is 13.7. The fourth-order valence-corrected chi connectivity index (χ4v) is 3.54. The molecule has 1 aliphatic carbocycles. The summed E-state index contributed by atoms with van der Waals surface area (Å²) in [5.74, 6) is -1.33. The van der Waals surface area contributed by atoms with Crippen LogP contribution in [0.1, 0.15) is 24.0 Å². The number of carbonyl (C=O) groups excluding carboxylic acids is 1. The molecule has 1 aromatic carbocycles. The molecule has 2 aliphatic rings. The van der Waals surface area contributed by atoms with E-state index in [2.05, 4.69) is 0 Å². The summed E-state index contributed by atoms with van der Waals surface area (Å²) in [4.78, 5) is 15.9. The molecule has 1 aliphatic heterocycles. The van der Waals surface area contributed by atoms with Crippen LogP contribution in [0.3, 0.4) is 0 Å². The Morgan fingerprint density at radius 1 is 1.41 bits per heavy atom. The maximum Gasteiger partial charge on any atom is 0.419 e. The van der Waals surface area contributed by atoms with E-state index in [-0.39, 0.29) is 18.2 Å². The average molecular weight is 390 g/mol. The first-order valence-corrected chi connectivity index (χ1v) is 8.70. The van der Waals surface area contributed by atoms with Crippen LogP contribution in [0.4, 0.5) is 22.4 Å². The van der Waals surface area contributed by atoms with Crippen molar-refractivity contribution < 1.29 is 31.8 Å². The molecule has 9 heteroatoms. The van der Waals surface area contributed by atoms with E-state index in [0.29, 0.717) is 32.6 Å². The van der Waals surface area contributed by atoms with Crippen LogP contribution in [0, 0.1) is 5.82 Å². The molecule has 1 saturated heterocycles. The van der Waals surface area contributed by atoms with Crippen molar-refractivity contribution in [3.63, 3.8) is 0 Å². The Hall–Kier alpha value is -1.87. The second kappa shape index (κ2) is 7.27. The van der Waals surface area contributed by atoms with Crippen LogP contribution in [0.15, 0.2) is 18.2 Å². The summed E-state index contributed by atoms with van der Waals surface area (Å²) in [6, 6.07) is 2.83. The van der Waals surface area contributed by atoms with Crippen molar-refractivity contribution in [2.24, 2.45) is 0 Å². The first-order valence-electron chi connectivity index (χ1n) is 8.70. The Labute approximate surface area is 154 Å². The van der Waals surface area contributed by atoms with E-state index in [0.717, 1.165) is 12.1 Å². The smallest absolute Gasteiger partial charge is 0.419 e. The second-order valence-corrected chi connectivity index (χ2v) is 7.01. The van der Waals surface area contributed by atoms with Gasteiger partial charge in [-0.05, 0) is 37.6 Å². The Morgan fingerprint density at radius 3 is 2.67 bits per heavy atom. The summed E-state index contributed by atoms with van der Waals surface area (Å²) in [5.41, 5.74) is -1.98. The minimum Gasteiger partial charge on any atom is -0.453 e. The molecule has 27 heavy (non-hydrogen) atoms. The summed E-state index contributed by atoms with van der Waals surface area (Å²) < 4.78 is 63.4. The molecule has 3 rings (SSSR count). The Bertz CT molecular complexity index is 706. The number of hydrogen-bond donors (Lipinski definition) is 0. The third-order valence-corrected chi connectivity index (χ3v) is 5.36. The van der Waals surface area contributed by atoms with Crippen molar-refractivity contribution >= 4 is 6.09 Å². The summed E-state index contributed by atoms with van der Waals surface area (Å²) in [6.07, 6.45) is -4.45. The van der Waals surface area contributed by atoms with Crippen LogP contribution in [0.5, 0.6) is 0 Å². The van der Waals surface area contributed by atoms with Crippen molar-refractivity contribution in [2.45, 2.75) is 30.6 Å². The molecule has 1 heterocycles. The molecular formula is C18H22F4N2O3. The zero-order chi connectivity index (χ0) is 19.8. The number of likely N-dealkylation sites (N-methyl/N-ethyl adjacent to an activating group) is 1. The van der Waals surface area contributed by atoms with Gasteiger partial charge in [0.2, 0.25) is 0 Å². The molecule has 0 aromatic heterocycles. The zero-order valence-corrected chi connectivity index (χ0v) is 15.2. The predicted octanol–water partition coefficient (Wildman–Crippen LogP) is 3.23. The van der Waals surface area contributed by atoms with Crippen LogP contribution >= 0.6 is 0 Å². The monoisotopic (exact) mass is 390 g/mol. The zero-order valence-electron chi connectivity index (χ0n) is 15.2. The topological polar surface area (TPSA) is 42.0 Å². The van der Waals surface area contributed by atoms with E-state index < -0.39 is 29.2 Å². The lowest BCUT2D eigenvalue weighted by Gasteiger charge is -2.39. The minimum atomic E-state index is -4.80. The fraction of sp³-hybridized carbons (Fsp3) is 0.611. The van der Waals surface area contributed by atoms with E-state index in [1.54, 1.807) is 0 Å². The summed E-state index contributed by atoms with van der Waals surface area (Å²) in [7, 11) is 3.14. The number of methoxy groups -OCH3 is 1. The molecular weight excluding hydrogens is 368 g/mol. The molecule has 5 nitrogen and oxygen atoms in total. The van der Waals surface area contributed by atoms with Gasteiger partial charge in [-0.3, -0.25) is 9.80 Å². The van der Waals surface area contributed by atoms with Crippen LogP contribution in [0.25, 0.3) is 0 Å². The predicted molar refractivity (Wildman–Crippen MR) is 88.7 cm³/mol. The molecule has 1 aromatic rings. The minimum absolute atomic E-state index is 0.0992. The number of benzene rings is 1. The SMILES string of the molecule is COC(=O)N(C[C@H]1COCCN1C)C1(c2ccc(F)c(C(F)(F)F)c2)CC1. The molecule has 0 spiro atoms. The molecule has 0 bridgehead atoms. The van der Waals surface area contributed by atoms with Gasteiger partial charge in [0, 0.05) is 13.1 Å². The first kappa shape index (κ1) is 19.9. The Kier molecular flexibility index (Phi) is 5.36. The van der Waals surface area contributed by atoms with E-state index >= 15 is 0 Å². The third-order valence-electron chi connectivity index (χ3n) is 5.36. The van der Waals surface area contributed by atoms with Gasteiger partial charge in [-0.1, -0.05) is 6.07 Å². The van der Waals surface area contributed by atoms with Crippen molar-refractivity contribution in [3.8, 4) is 0 Å². The van der Waals surface area contributed by atoms with Gasteiger partial charge in [0.1, 0.15) is 5.82 Å². The highest BCUT2D eigenvalue weighted by Crippen LogP contribution is 2.52. The second-order valence-electron chi connectivity index (χ2n) is 7.01. The molecule has 0 N–H and O–H groups in total. The van der Waals surface area contributed by atoms with Crippen LogP contribution in [-0.4, -0.2) is 62.4 Å². The van der Waals surface area contributed by atoms with Crippen LogP contribution < -0.4 is 0 Å². The van der Waals surface area contributed by atoms with Gasteiger partial charge < -0.3 is 9.47 Å². The number of hydrogen-bond acceptors (Lipinski definition) is 4. The number of alkyl halides is 3. The van der Waals surface area contributed by atoms with Crippen molar-refractivity contribution in [1.29, 1.82) is 0 Å². The van der Waals surface area contributed by atoms with E-state index in [1.807, 2.05) is 11.9 Å². The Morgan fingerprint density at radius 2 is 2.11 bits per heavy atom. The average Bonchev–Trinajstić information content (AvgIpc) is 3.41. The van der Waals surface area contributed by atoms with Crippen molar-refractivity contribution in [1.82, 2.24) is 9.80 Å². The Balaban J connectivity index is 1.93. The summed E-state index contributed by atoms with van der Waals surface area (Å²) in [6.45, 7) is 1.95. The maximum absolute atomic E-state index is 13.7. The lowest BCUT2D eigenvalue weighted by Crippen LogP contribution is -2.53. The van der Waals surface area contributed by atoms with Crippen LogP contribution in [-0.2, 0) is 21.2 Å². The fourth-order valence-electron chi connectivity index (χ4n) is 3.54. The van der Waals surface area contributed by atoms with Gasteiger partial charge in [-0.2, -0.15) is 13.2 Å². The highest BCUT2D eigenvalue weighted by atomic mass is 19.4. The van der Waals surface area contributed by atoms with E-state index in [9.17, 15) is 22.4 Å². The number of rotatable bonds is 4. The normalized spacial score (nSPS) is 22.4. The molecule has 1 saturated carbocycles.